The molecular weight excluding hydrogens is 420 g/mol. The van der Waals surface area contributed by atoms with Gasteiger partial charge in [-0.1, -0.05) is 67.7 Å². The molecule has 0 unspecified atom stereocenters. The molecule has 31 heavy (non-hydrogen) atoms. The fraction of sp³-hybridized carbons (Fsp3) is 0.960. The quantitative estimate of drug-likeness (QED) is 0.173. The van der Waals surface area contributed by atoms with Crippen molar-refractivity contribution in [2.75, 3.05) is 6.61 Å². The minimum atomic E-state index is -2.07. The number of hydrogen-bond acceptors (Lipinski definition) is 4. The van der Waals surface area contributed by atoms with E-state index in [-0.39, 0.29) is 34.9 Å². The van der Waals surface area contributed by atoms with Crippen LogP contribution in [0.2, 0.25) is 36.3 Å². The lowest BCUT2D eigenvalue weighted by Gasteiger charge is -2.45. The Balaban J connectivity index is 5.95. The second kappa shape index (κ2) is 11.3. The first kappa shape index (κ1) is 30.8. The molecule has 0 aromatic rings. The van der Waals surface area contributed by atoms with E-state index in [0.29, 0.717) is 0 Å². The van der Waals surface area contributed by atoms with Gasteiger partial charge in [0.05, 0.1) is 11.5 Å². The normalized spacial score (nSPS) is 16.2. The van der Waals surface area contributed by atoms with Gasteiger partial charge in [0, 0.05) is 0 Å². The van der Waals surface area contributed by atoms with Gasteiger partial charge in [-0.05, 0) is 63.5 Å². The van der Waals surface area contributed by atoms with Crippen molar-refractivity contribution < 1.29 is 18.4 Å². The Kier molecular flexibility index (Phi) is 11.2. The molecule has 0 amide bonds. The van der Waals surface area contributed by atoms with E-state index < -0.39 is 22.0 Å². The molecular formula is C25H54O4Si2. The predicted molar refractivity (Wildman–Crippen MR) is 139 cm³/mol. The Bertz CT molecular complexity index is 551. The molecule has 186 valence electrons. The molecule has 6 heteroatoms. The van der Waals surface area contributed by atoms with Crippen molar-refractivity contribution in [3.8, 4) is 0 Å². The first-order chi connectivity index (χ1) is 13.7. The summed E-state index contributed by atoms with van der Waals surface area (Å²) in [5, 5.41) is 0.184. The van der Waals surface area contributed by atoms with E-state index >= 15 is 0 Å². The molecule has 0 spiro atoms. The third kappa shape index (κ3) is 10.1. The molecule has 0 saturated carbocycles. The maximum atomic E-state index is 12.6. The van der Waals surface area contributed by atoms with Gasteiger partial charge in [-0.2, -0.15) is 0 Å². The van der Waals surface area contributed by atoms with E-state index in [1.165, 1.54) is 12.8 Å². The number of carbonyl (C=O) groups excluding carboxylic acids is 1. The predicted octanol–water partition coefficient (Wildman–Crippen LogP) is 7.94. The maximum absolute atomic E-state index is 12.6. The van der Waals surface area contributed by atoms with E-state index in [4.69, 9.17) is 13.6 Å². The smallest absolute Gasteiger partial charge is 0.311 e. The summed E-state index contributed by atoms with van der Waals surface area (Å²) in [5.41, 5.74) is -0.528. The van der Waals surface area contributed by atoms with Crippen molar-refractivity contribution >= 4 is 22.6 Å². The van der Waals surface area contributed by atoms with Crippen molar-refractivity contribution in [3.05, 3.63) is 0 Å². The highest BCUT2D eigenvalue weighted by molar-refractivity contribution is 6.74. The minimum Gasteiger partial charge on any atom is -0.462 e. The number of rotatable bonds is 11. The summed E-state index contributed by atoms with van der Waals surface area (Å²) in [4.78, 5) is 12.6. The lowest BCUT2D eigenvalue weighted by Crippen LogP contribution is -2.53. The van der Waals surface area contributed by atoms with Crippen LogP contribution < -0.4 is 0 Å². The van der Waals surface area contributed by atoms with E-state index in [9.17, 15) is 4.79 Å². The van der Waals surface area contributed by atoms with Gasteiger partial charge < -0.3 is 13.6 Å². The van der Waals surface area contributed by atoms with Gasteiger partial charge in [0.25, 0.3) is 0 Å². The molecule has 0 aromatic heterocycles. The fourth-order valence-corrected chi connectivity index (χ4v) is 5.33. The Morgan fingerprint density at radius 3 is 1.52 bits per heavy atom. The van der Waals surface area contributed by atoms with Crippen molar-refractivity contribution in [1.82, 2.24) is 0 Å². The molecule has 0 bridgehead atoms. The summed E-state index contributed by atoms with van der Waals surface area (Å²) < 4.78 is 19.6. The number of esters is 1. The second-order valence-electron chi connectivity index (χ2n) is 13.2. The molecule has 0 radical (unpaired) electrons. The van der Waals surface area contributed by atoms with E-state index in [1.807, 2.05) is 20.8 Å². The molecule has 0 aliphatic heterocycles. The zero-order valence-electron chi connectivity index (χ0n) is 23.3. The number of carbonyl (C=O) groups is 1. The monoisotopic (exact) mass is 474 g/mol. The third-order valence-electron chi connectivity index (χ3n) is 7.00. The van der Waals surface area contributed by atoms with Gasteiger partial charge in [0.2, 0.25) is 0 Å². The summed E-state index contributed by atoms with van der Waals surface area (Å²) in [6.07, 6.45) is 4.08. The van der Waals surface area contributed by atoms with Crippen molar-refractivity contribution in [3.63, 3.8) is 0 Å². The maximum Gasteiger partial charge on any atom is 0.311 e. The van der Waals surface area contributed by atoms with Gasteiger partial charge in [0.1, 0.15) is 12.7 Å². The molecule has 0 N–H and O–H groups in total. The van der Waals surface area contributed by atoms with Crippen molar-refractivity contribution in [2.45, 2.75) is 143 Å². The zero-order valence-corrected chi connectivity index (χ0v) is 25.3. The molecule has 0 aliphatic rings. The molecule has 2 atom stereocenters. The third-order valence-corrected chi connectivity index (χ3v) is 16.0. The highest BCUT2D eigenvalue weighted by atomic mass is 28.4. The molecule has 0 aliphatic carbocycles. The number of hydrogen-bond donors (Lipinski definition) is 0. The van der Waals surface area contributed by atoms with E-state index in [1.54, 1.807) is 0 Å². The van der Waals surface area contributed by atoms with Crippen LogP contribution in [0, 0.1) is 5.41 Å². The van der Waals surface area contributed by atoms with Crippen LogP contribution in [0.15, 0.2) is 0 Å². The van der Waals surface area contributed by atoms with Crippen LogP contribution in [0.25, 0.3) is 0 Å². The average molecular weight is 475 g/mol. The van der Waals surface area contributed by atoms with Crippen LogP contribution in [0.4, 0.5) is 0 Å². The lowest BCUT2D eigenvalue weighted by atomic mass is 9.97. The standard InChI is InChI=1S/C25H54O4Si2/c1-15-16-17-18-20(28-30(11,12)24(5,6)7)21(19-27-22(26)23(2,3)4)29-31(13,14)25(8,9)10/h20-21H,15-19H2,1-14H3/t20-,21-/m0/s1. The first-order valence-electron chi connectivity index (χ1n) is 12.2. The second-order valence-corrected chi connectivity index (χ2v) is 22.7. The highest BCUT2D eigenvalue weighted by Gasteiger charge is 2.45. The first-order valence-corrected chi connectivity index (χ1v) is 18.0. The van der Waals surface area contributed by atoms with Gasteiger partial charge >= 0.3 is 5.97 Å². The van der Waals surface area contributed by atoms with E-state index in [0.717, 1.165) is 12.8 Å². The summed E-state index contributed by atoms with van der Waals surface area (Å²) >= 11 is 0. The van der Waals surface area contributed by atoms with Crippen molar-refractivity contribution in [1.29, 1.82) is 0 Å². The van der Waals surface area contributed by atoms with Crippen LogP contribution in [-0.2, 0) is 18.4 Å². The van der Waals surface area contributed by atoms with Crippen molar-refractivity contribution in [2.24, 2.45) is 5.41 Å². The highest BCUT2D eigenvalue weighted by Crippen LogP contribution is 2.41. The molecule has 0 rings (SSSR count). The van der Waals surface area contributed by atoms with Crippen LogP contribution in [0.1, 0.15) is 94.9 Å². The largest absolute Gasteiger partial charge is 0.462 e. The SMILES string of the molecule is CCCCC[C@H](O[Si](C)(C)C(C)(C)C)[C@H](COC(=O)C(C)(C)C)O[Si](C)(C)C(C)(C)C. The molecule has 0 heterocycles. The Hall–Kier alpha value is -0.176. The molecule has 0 saturated heterocycles. The van der Waals surface area contributed by atoms with Gasteiger partial charge in [-0.15, -0.1) is 0 Å². The van der Waals surface area contributed by atoms with Gasteiger partial charge in [-0.3, -0.25) is 4.79 Å². The van der Waals surface area contributed by atoms with E-state index in [2.05, 4.69) is 74.7 Å². The number of unbranched alkanes of at least 4 members (excludes halogenated alkanes) is 2. The lowest BCUT2D eigenvalue weighted by molar-refractivity contribution is -0.157. The number of ether oxygens (including phenoxy) is 1. The summed E-state index contributed by atoms with van der Waals surface area (Å²) in [5.74, 6) is -0.184. The molecule has 0 fully saturated rings. The zero-order chi connectivity index (χ0) is 24.9. The van der Waals surface area contributed by atoms with Crippen LogP contribution in [0.3, 0.4) is 0 Å². The molecule has 0 aromatic carbocycles. The Labute approximate surface area is 196 Å². The Morgan fingerprint density at radius 2 is 1.16 bits per heavy atom. The average Bonchev–Trinajstić information content (AvgIpc) is 2.54. The topological polar surface area (TPSA) is 44.8 Å². The van der Waals surface area contributed by atoms with Crippen LogP contribution >= 0.6 is 0 Å². The molecule has 4 nitrogen and oxygen atoms in total. The minimum absolute atomic E-state index is 0.0608. The fourth-order valence-electron chi connectivity index (χ4n) is 2.62. The van der Waals surface area contributed by atoms with Gasteiger partial charge in [0.15, 0.2) is 16.6 Å². The Morgan fingerprint density at radius 1 is 0.742 bits per heavy atom. The summed E-state index contributed by atoms with van der Waals surface area (Å²) in [6.45, 7) is 30.8. The summed E-state index contributed by atoms with van der Waals surface area (Å²) in [6, 6.07) is 0. The summed E-state index contributed by atoms with van der Waals surface area (Å²) in [7, 11) is -4.08. The van der Waals surface area contributed by atoms with Crippen LogP contribution in [-0.4, -0.2) is 41.4 Å². The van der Waals surface area contributed by atoms with Gasteiger partial charge in [-0.25, -0.2) is 0 Å². The van der Waals surface area contributed by atoms with Crippen LogP contribution in [0.5, 0.6) is 0 Å².